The minimum Gasteiger partial charge on any atom is -0.334 e. The molecule has 0 radical (unpaired) electrons. The molecule has 0 bridgehead atoms. The zero-order chi connectivity index (χ0) is 19.3. The molecule has 0 saturated carbocycles. The number of hydrogen-bond acceptors (Lipinski definition) is 3. The molecule has 1 aromatic carbocycles. The quantitative estimate of drug-likeness (QED) is 0.561. The summed E-state index contributed by atoms with van der Waals surface area (Å²) in [5, 5.41) is 3.28. The lowest BCUT2D eigenvalue weighted by atomic mass is 9.87. The first-order valence-corrected chi connectivity index (χ1v) is 8.67. The van der Waals surface area contributed by atoms with Gasteiger partial charge in [-0.05, 0) is 24.1 Å². The summed E-state index contributed by atoms with van der Waals surface area (Å²) in [4.78, 5) is 40.4. The van der Waals surface area contributed by atoms with Crippen molar-refractivity contribution in [2.75, 3.05) is 19.6 Å². The summed E-state index contributed by atoms with van der Waals surface area (Å²) in [7, 11) is 0. The summed E-state index contributed by atoms with van der Waals surface area (Å²) in [5.74, 6) is -0.797. The molecule has 2 rings (SSSR count). The Morgan fingerprint density at radius 3 is 2.31 bits per heavy atom. The van der Waals surface area contributed by atoms with Gasteiger partial charge in [-0.3, -0.25) is 14.5 Å². The second kappa shape index (κ2) is 8.19. The van der Waals surface area contributed by atoms with Crippen LogP contribution in [-0.4, -0.2) is 47.3 Å². The van der Waals surface area contributed by atoms with Crippen molar-refractivity contribution in [1.82, 2.24) is 15.1 Å². The minimum atomic E-state index is -1.19. The fourth-order valence-corrected chi connectivity index (χ4v) is 3.09. The van der Waals surface area contributed by atoms with Gasteiger partial charge in [0.2, 0.25) is 5.91 Å². The van der Waals surface area contributed by atoms with Crippen LogP contribution < -0.4 is 5.32 Å². The molecule has 1 fully saturated rings. The normalized spacial score (nSPS) is 19.2. The van der Waals surface area contributed by atoms with Gasteiger partial charge in [-0.25, -0.2) is 4.79 Å². The molecule has 1 aliphatic heterocycles. The number of carbonyl (C=O) groups is 3. The lowest BCUT2D eigenvalue weighted by molar-refractivity contribution is -0.138. The van der Waals surface area contributed by atoms with Gasteiger partial charge in [0.15, 0.2) is 0 Å². The highest BCUT2D eigenvalue weighted by Crippen LogP contribution is 2.33. The summed E-state index contributed by atoms with van der Waals surface area (Å²) < 4.78 is 0. The van der Waals surface area contributed by atoms with Crippen molar-refractivity contribution in [3.05, 3.63) is 60.2 Å². The fraction of sp³-hybridized carbons (Fsp3) is 0.316. The van der Waals surface area contributed by atoms with E-state index in [-0.39, 0.29) is 12.5 Å². The molecule has 4 amide bonds. The molecule has 1 aliphatic rings. The van der Waals surface area contributed by atoms with Gasteiger partial charge in [0.1, 0.15) is 12.1 Å². The van der Waals surface area contributed by atoms with Crippen LogP contribution in [0, 0.1) is 0 Å². The Hall–Kier alpha value is -2.60. The number of rotatable bonds is 8. The Balaban J connectivity index is 2.26. The molecular weight excluding hydrogens is 354 g/mol. The second-order valence-electron chi connectivity index (χ2n) is 5.96. The predicted molar refractivity (Wildman–Crippen MR) is 101 cm³/mol. The number of nitrogens with one attached hydrogen (secondary N) is 1. The van der Waals surface area contributed by atoms with E-state index in [0.717, 1.165) is 4.90 Å². The first kappa shape index (κ1) is 19.7. The highest BCUT2D eigenvalue weighted by Gasteiger charge is 2.51. The van der Waals surface area contributed by atoms with E-state index < -0.39 is 17.5 Å². The van der Waals surface area contributed by atoms with Crippen molar-refractivity contribution in [2.24, 2.45) is 0 Å². The number of nitrogens with zero attached hydrogens (tertiary/aromatic N) is 2. The number of imide groups is 1. The molecule has 7 heteroatoms. The molecule has 1 heterocycles. The molecule has 1 unspecified atom stereocenters. The molecule has 138 valence electrons. The molecule has 26 heavy (non-hydrogen) atoms. The summed E-state index contributed by atoms with van der Waals surface area (Å²) in [5.41, 5.74) is -0.560. The third-order valence-corrected chi connectivity index (χ3v) is 4.64. The van der Waals surface area contributed by atoms with Gasteiger partial charge in [-0.15, -0.1) is 13.2 Å². The Morgan fingerprint density at radius 2 is 1.81 bits per heavy atom. The second-order valence-corrected chi connectivity index (χ2v) is 6.40. The van der Waals surface area contributed by atoms with Gasteiger partial charge >= 0.3 is 6.03 Å². The minimum absolute atomic E-state index is 0.310. The van der Waals surface area contributed by atoms with Gasteiger partial charge < -0.3 is 10.2 Å². The van der Waals surface area contributed by atoms with Crippen LogP contribution in [-0.2, 0) is 15.1 Å². The van der Waals surface area contributed by atoms with E-state index in [9.17, 15) is 14.4 Å². The first-order chi connectivity index (χ1) is 12.4. The Labute approximate surface area is 158 Å². The van der Waals surface area contributed by atoms with E-state index in [2.05, 4.69) is 18.5 Å². The van der Waals surface area contributed by atoms with Crippen LogP contribution in [0.1, 0.15) is 18.9 Å². The topological polar surface area (TPSA) is 69.7 Å². The summed E-state index contributed by atoms with van der Waals surface area (Å²) in [6, 6.07) is 6.15. The fourth-order valence-electron chi connectivity index (χ4n) is 2.97. The van der Waals surface area contributed by atoms with Gasteiger partial charge in [-0.2, -0.15) is 0 Å². The van der Waals surface area contributed by atoms with Crippen LogP contribution in [0.2, 0.25) is 5.02 Å². The van der Waals surface area contributed by atoms with E-state index in [4.69, 9.17) is 11.6 Å². The molecule has 6 nitrogen and oxygen atoms in total. The highest BCUT2D eigenvalue weighted by atomic mass is 35.5. The van der Waals surface area contributed by atoms with E-state index in [1.165, 1.54) is 4.90 Å². The number of carbonyl (C=O) groups excluding carboxylic acids is 3. The third kappa shape index (κ3) is 3.65. The average Bonchev–Trinajstić information content (AvgIpc) is 2.87. The monoisotopic (exact) mass is 375 g/mol. The molecule has 0 spiro atoms. The number of halogens is 1. The number of hydrogen-bond donors (Lipinski definition) is 1. The van der Waals surface area contributed by atoms with E-state index >= 15 is 0 Å². The van der Waals surface area contributed by atoms with E-state index in [0.29, 0.717) is 30.1 Å². The smallest absolute Gasteiger partial charge is 0.325 e. The standard InChI is InChI=1S/C19H22ClN3O3/c1-4-11-22(12-5-2)16(24)13-23-17(25)19(6-3,21-18(23)26)14-7-9-15(20)10-8-14/h4-5,7-10H,1-2,6,11-13H2,3H3,(H,21,26). The molecule has 1 aromatic rings. The number of amides is 4. The van der Waals surface area contributed by atoms with Crippen LogP contribution in [0.5, 0.6) is 0 Å². The van der Waals surface area contributed by atoms with Gasteiger partial charge in [-0.1, -0.05) is 42.8 Å². The number of urea groups is 1. The van der Waals surface area contributed by atoms with Crippen molar-refractivity contribution < 1.29 is 14.4 Å². The Morgan fingerprint density at radius 1 is 1.23 bits per heavy atom. The molecule has 0 aliphatic carbocycles. The van der Waals surface area contributed by atoms with E-state index in [1.54, 1.807) is 43.3 Å². The predicted octanol–water partition coefficient (Wildman–Crippen LogP) is 2.70. The highest BCUT2D eigenvalue weighted by molar-refractivity contribution is 6.30. The van der Waals surface area contributed by atoms with Crippen molar-refractivity contribution in [3.8, 4) is 0 Å². The van der Waals surface area contributed by atoms with Crippen LogP contribution >= 0.6 is 11.6 Å². The zero-order valence-electron chi connectivity index (χ0n) is 14.7. The molecule has 0 aromatic heterocycles. The van der Waals surface area contributed by atoms with Gasteiger partial charge in [0, 0.05) is 18.1 Å². The molecule has 1 atom stereocenters. The van der Waals surface area contributed by atoms with Crippen molar-refractivity contribution in [3.63, 3.8) is 0 Å². The Bertz CT molecular complexity index is 722. The van der Waals surface area contributed by atoms with Crippen molar-refractivity contribution in [2.45, 2.75) is 18.9 Å². The summed E-state index contributed by atoms with van der Waals surface area (Å²) >= 11 is 5.91. The van der Waals surface area contributed by atoms with Crippen LogP contribution in [0.3, 0.4) is 0 Å². The SMILES string of the molecule is C=CCN(CC=C)C(=O)CN1C(=O)NC(CC)(c2ccc(Cl)cc2)C1=O. The molecule has 1 saturated heterocycles. The van der Waals surface area contributed by atoms with Gasteiger partial charge in [0.25, 0.3) is 5.91 Å². The maximum absolute atomic E-state index is 13.0. The third-order valence-electron chi connectivity index (χ3n) is 4.39. The van der Waals surface area contributed by atoms with Crippen molar-refractivity contribution >= 4 is 29.4 Å². The van der Waals surface area contributed by atoms with Crippen LogP contribution in [0.25, 0.3) is 0 Å². The lowest BCUT2D eigenvalue weighted by Gasteiger charge is -2.26. The summed E-state index contributed by atoms with van der Waals surface area (Å²) in [6.45, 7) is 9.32. The summed E-state index contributed by atoms with van der Waals surface area (Å²) in [6.07, 6.45) is 3.52. The van der Waals surface area contributed by atoms with Crippen LogP contribution in [0.15, 0.2) is 49.6 Å². The lowest BCUT2D eigenvalue weighted by Crippen LogP contribution is -2.45. The van der Waals surface area contributed by atoms with Crippen LogP contribution in [0.4, 0.5) is 4.79 Å². The maximum atomic E-state index is 13.0. The average molecular weight is 376 g/mol. The Kier molecular flexibility index (Phi) is 6.21. The number of benzene rings is 1. The zero-order valence-corrected chi connectivity index (χ0v) is 15.5. The largest absolute Gasteiger partial charge is 0.334 e. The maximum Gasteiger partial charge on any atom is 0.325 e. The van der Waals surface area contributed by atoms with Crippen molar-refractivity contribution in [1.29, 1.82) is 0 Å². The van der Waals surface area contributed by atoms with E-state index in [1.807, 2.05) is 0 Å². The molecular formula is C19H22ClN3O3. The van der Waals surface area contributed by atoms with Gasteiger partial charge in [0.05, 0.1) is 0 Å². The molecule has 1 N–H and O–H groups in total. The first-order valence-electron chi connectivity index (χ1n) is 8.29.